The van der Waals surface area contributed by atoms with Crippen molar-refractivity contribution < 1.29 is 18.0 Å². The Hall–Kier alpha value is -1.45. The van der Waals surface area contributed by atoms with Crippen LogP contribution < -0.4 is 4.98 Å². The minimum absolute atomic E-state index is 0.604. The van der Waals surface area contributed by atoms with E-state index >= 15 is 0 Å². The van der Waals surface area contributed by atoms with Crippen LogP contribution in [0.15, 0.2) is 24.5 Å². The monoisotopic (exact) mass is 200 g/mol. The number of hydrogen-bond donors (Lipinski definition) is 0. The van der Waals surface area contributed by atoms with E-state index in [-0.39, 0.29) is 0 Å². The van der Waals surface area contributed by atoms with Gasteiger partial charge in [-0.05, 0) is 6.07 Å². The smallest absolute Gasteiger partial charge is 0.184 e. The average Bonchev–Trinajstić information content (AvgIpc) is 2.03. The Labute approximate surface area is 76.4 Å². The lowest BCUT2D eigenvalue weighted by atomic mass is 10.3. The first-order valence-electron chi connectivity index (χ1n) is 3.20. The maximum atomic E-state index is 9.08. The van der Waals surface area contributed by atoms with Gasteiger partial charge in [0.1, 0.15) is 11.6 Å². The molecule has 0 fully saturated rings. The standard InChI is InChI=1S/C6H4N2.CH4O3S/c7-4-6-2-1-3-8-5-6;1-5(2,3)4/h1-3,5H;1H3,(H,2,3,4). The normalized spacial score (nSPS) is 9.31. The lowest BCUT2D eigenvalue weighted by molar-refractivity contribution is -0.378. The van der Waals surface area contributed by atoms with Crippen molar-refractivity contribution in [2.45, 2.75) is 0 Å². The quantitative estimate of drug-likeness (QED) is 0.529. The Morgan fingerprint density at radius 2 is 2.15 bits per heavy atom. The highest BCUT2D eigenvalue weighted by molar-refractivity contribution is 7.84. The summed E-state index contributed by atoms with van der Waals surface area (Å²) in [6, 6.07) is 5.53. The Balaban J connectivity index is 0.000000252. The molecular weight excluding hydrogens is 192 g/mol. The highest BCUT2D eigenvalue weighted by Gasteiger charge is 1.86. The van der Waals surface area contributed by atoms with Gasteiger partial charge in [-0.1, -0.05) is 0 Å². The van der Waals surface area contributed by atoms with Gasteiger partial charge in [-0.2, -0.15) is 5.26 Å². The molecule has 1 aromatic rings. The SMILES string of the molecule is CS(=O)(=O)[O-].N#Cc1ccc[nH+]c1. The fourth-order valence-corrected chi connectivity index (χ4v) is 0.463. The molecule has 70 valence electrons. The van der Waals surface area contributed by atoms with Gasteiger partial charge in [0.05, 0.1) is 10.1 Å². The van der Waals surface area contributed by atoms with Gasteiger partial charge in [0.15, 0.2) is 12.4 Å². The summed E-state index contributed by atoms with van der Waals surface area (Å²) in [4.78, 5) is 2.79. The predicted molar refractivity (Wildman–Crippen MR) is 43.3 cm³/mol. The Bertz CT molecular complexity index is 372. The van der Waals surface area contributed by atoms with Gasteiger partial charge in [0.2, 0.25) is 0 Å². The lowest BCUT2D eigenvalue weighted by Crippen LogP contribution is -1.97. The zero-order valence-corrected chi connectivity index (χ0v) is 7.71. The number of nitriles is 1. The fourth-order valence-electron chi connectivity index (χ4n) is 0.463. The molecule has 0 aliphatic heterocycles. The highest BCUT2D eigenvalue weighted by Crippen LogP contribution is 1.86. The molecule has 0 unspecified atom stereocenters. The Kier molecular flexibility index (Phi) is 4.66. The molecule has 0 saturated carbocycles. The molecule has 0 radical (unpaired) electrons. The minimum Gasteiger partial charge on any atom is -0.748 e. The van der Waals surface area contributed by atoms with Crippen molar-refractivity contribution in [1.82, 2.24) is 0 Å². The van der Waals surface area contributed by atoms with Crippen LogP contribution in [0, 0.1) is 11.3 Å². The van der Waals surface area contributed by atoms with Crippen LogP contribution in [0.4, 0.5) is 0 Å². The van der Waals surface area contributed by atoms with Crippen molar-refractivity contribution in [3.05, 3.63) is 30.1 Å². The first-order chi connectivity index (χ1) is 5.93. The molecule has 0 aromatic carbocycles. The van der Waals surface area contributed by atoms with E-state index in [0.717, 1.165) is 0 Å². The van der Waals surface area contributed by atoms with E-state index in [4.69, 9.17) is 18.2 Å². The van der Waals surface area contributed by atoms with E-state index in [1.807, 2.05) is 6.07 Å². The molecule has 13 heavy (non-hydrogen) atoms. The summed E-state index contributed by atoms with van der Waals surface area (Å²) in [5, 5.41) is 8.27. The lowest BCUT2D eigenvalue weighted by Gasteiger charge is -1.90. The largest absolute Gasteiger partial charge is 0.748 e. The summed E-state index contributed by atoms with van der Waals surface area (Å²) in [5.41, 5.74) is 0.660. The predicted octanol–water partition coefficient (Wildman–Crippen LogP) is -0.466. The van der Waals surface area contributed by atoms with E-state index in [9.17, 15) is 0 Å². The molecule has 0 aliphatic carbocycles. The molecule has 1 N–H and O–H groups in total. The number of rotatable bonds is 0. The molecule has 0 spiro atoms. The van der Waals surface area contributed by atoms with Gasteiger partial charge in [-0.25, -0.2) is 13.4 Å². The zero-order chi connectivity index (χ0) is 10.3. The van der Waals surface area contributed by atoms with Crippen LogP contribution in [-0.4, -0.2) is 19.2 Å². The number of pyridine rings is 1. The Morgan fingerprint density at radius 1 is 1.62 bits per heavy atom. The van der Waals surface area contributed by atoms with Crippen LogP contribution in [-0.2, 0) is 10.1 Å². The summed E-state index contributed by atoms with van der Waals surface area (Å²) in [7, 11) is -3.92. The molecule has 0 atom stereocenters. The maximum absolute atomic E-state index is 9.08. The highest BCUT2D eigenvalue weighted by atomic mass is 32.2. The van der Waals surface area contributed by atoms with Gasteiger partial charge in [0.25, 0.3) is 0 Å². The van der Waals surface area contributed by atoms with Crippen molar-refractivity contribution in [2.75, 3.05) is 6.26 Å². The van der Waals surface area contributed by atoms with Gasteiger partial charge >= 0.3 is 0 Å². The van der Waals surface area contributed by atoms with Crippen molar-refractivity contribution in [1.29, 1.82) is 5.26 Å². The van der Waals surface area contributed by atoms with Crippen molar-refractivity contribution in [2.24, 2.45) is 0 Å². The molecule has 5 nitrogen and oxygen atoms in total. The van der Waals surface area contributed by atoms with E-state index in [1.54, 1.807) is 24.5 Å². The second-order valence-electron chi connectivity index (χ2n) is 2.11. The van der Waals surface area contributed by atoms with E-state index in [1.165, 1.54) is 0 Å². The molecule has 0 bridgehead atoms. The van der Waals surface area contributed by atoms with Crippen molar-refractivity contribution in [3.63, 3.8) is 0 Å². The summed E-state index contributed by atoms with van der Waals surface area (Å²) in [6.07, 6.45) is 4.02. The van der Waals surface area contributed by atoms with Crippen molar-refractivity contribution >= 4 is 10.1 Å². The first kappa shape index (κ1) is 11.6. The fraction of sp³-hybridized carbons (Fsp3) is 0.143. The van der Waals surface area contributed by atoms with E-state index < -0.39 is 10.1 Å². The van der Waals surface area contributed by atoms with E-state index in [2.05, 4.69) is 4.98 Å². The van der Waals surface area contributed by atoms with Crippen LogP contribution in [0.5, 0.6) is 0 Å². The van der Waals surface area contributed by atoms with Gasteiger partial charge < -0.3 is 4.55 Å². The van der Waals surface area contributed by atoms with E-state index in [0.29, 0.717) is 11.8 Å². The molecule has 0 amide bonds. The van der Waals surface area contributed by atoms with Gasteiger partial charge in [-0.15, -0.1) is 0 Å². The zero-order valence-electron chi connectivity index (χ0n) is 6.89. The number of aromatic nitrogens is 1. The number of aromatic amines is 1. The molecule has 1 rings (SSSR count). The summed E-state index contributed by atoms with van der Waals surface area (Å²) in [5.74, 6) is 0. The average molecular weight is 200 g/mol. The number of hydrogen-bond acceptors (Lipinski definition) is 4. The third kappa shape index (κ3) is 10.6. The number of nitrogens with zero attached hydrogens (tertiary/aromatic N) is 1. The van der Waals surface area contributed by atoms with Gasteiger partial charge in [-0.3, -0.25) is 0 Å². The van der Waals surface area contributed by atoms with Crippen LogP contribution in [0.3, 0.4) is 0 Å². The molecular formula is C7H8N2O3S. The van der Waals surface area contributed by atoms with Crippen LogP contribution in [0.25, 0.3) is 0 Å². The molecule has 1 aromatic heterocycles. The summed E-state index contributed by atoms with van der Waals surface area (Å²) >= 11 is 0. The Morgan fingerprint density at radius 3 is 2.38 bits per heavy atom. The summed E-state index contributed by atoms with van der Waals surface area (Å²) < 4.78 is 27.2. The van der Waals surface area contributed by atoms with Crippen LogP contribution >= 0.6 is 0 Å². The van der Waals surface area contributed by atoms with Gasteiger partial charge in [0, 0.05) is 12.3 Å². The maximum Gasteiger partial charge on any atom is 0.184 e. The second kappa shape index (κ2) is 5.24. The minimum atomic E-state index is -3.92. The van der Waals surface area contributed by atoms with Crippen LogP contribution in [0.1, 0.15) is 5.56 Å². The molecule has 6 heteroatoms. The van der Waals surface area contributed by atoms with Crippen LogP contribution in [0.2, 0.25) is 0 Å². The third-order valence-corrected chi connectivity index (χ3v) is 0.836. The first-order valence-corrected chi connectivity index (χ1v) is 5.02. The third-order valence-electron chi connectivity index (χ3n) is 0.836. The summed E-state index contributed by atoms with van der Waals surface area (Å²) in [6.45, 7) is 0. The molecule has 0 saturated heterocycles. The topological polar surface area (TPSA) is 95.1 Å². The second-order valence-corrected chi connectivity index (χ2v) is 3.52. The number of H-pyrrole nitrogens is 1. The van der Waals surface area contributed by atoms with Crippen molar-refractivity contribution in [3.8, 4) is 6.07 Å². The molecule has 1 heterocycles. The molecule has 0 aliphatic rings. The number of nitrogens with one attached hydrogen (secondary N) is 1.